The predicted molar refractivity (Wildman–Crippen MR) is 96.9 cm³/mol. The van der Waals surface area contributed by atoms with Crippen molar-refractivity contribution in [1.82, 2.24) is 5.43 Å². The maximum Gasteiger partial charge on any atom is 0.181 e. The molecular weight excluding hydrogens is 300 g/mol. The molecule has 0 saturated heterocycles. The number of methoxy groups -OCH3 is 1. The fraction of sp³-hybridized carbons (Fsp3) is 0.350. The highest BCUT2D eigenvalue weighted by molar-refractivity contribution is 5.98. The molecule has 0 aliphatic heterocycles. The Kier molecular flexibility index (Phi) is 5.04. The van der Waals surface area contributed by atoms with Crippen LogP contribution >= 0.6 is 0 Å². The Hall–Kier alpha value is -2.49. The van der Waals surface area contributed by atoms with Crippen molar-refractivity contribution in [2.45, 2.75) is 39.3 Å². The molecule has 24 heavy (non-hydrogen) atoms. The Balaban J connectivity index is 1.64. The fourth-order valence-electron chi connectivity index (χ4n) is 2.98. The van der Waals surface area contributed by atoms with Crippen LogP contribution in [0.4, 0.5) is 0 Å². The number of nitrogens with one attached hydrogen (secondary N) is 1. The van der Waals surface area contributed by atoms with E-state index in [-0.39, 0.29) is 6.23 Å². The molecule has 0 spiro atoms. The van der Waals surface area contributed by atoms with E-state index in [4.69, 9.17) is 9.47 Å². The summed E-state index contributed by atoms with van der Waals surface area (Å²) in [6, 6.07) is 14.2. The zero-order chi connectivity index (χ0) is 16.9. The second-order valence-electron chi connectivity index (χ2n) is 6.07. The predicted octanol–water partition coefficient (Wildman–Crippen LogP) is 3.92. The van der Waals surface area contributed by atoms with Gasteiger partial charge in [0.2, 0.25) is 0 Å². The average Bonchev–Trinajstić information content (AvgIpc) is 3.07. The number of hydrogen-bond donors (Lipinski definition) is 1. The van der Waals surface area contributed by atoms with Gasteiger partial charge >= 0.3 is 0 Å². The van der Waals surface area contributed by atoms with Crippen LogP contribution in [0.2, 0.25) is 0 Å². The van der Waals surface area contributed by atoms with Crippen molar-refractivity contribution >= 4 is 5.71 Å². The van der Waals surface area contributed by atoms with Gasteiger partial charge in [0.1, 0.15) is 0 Å². The van der Waals surface area contributed by atoms with Crippen LogP contribution in [0.1, 0.15) is 37.0 Å². The molecule has 0 saturated carbocycles. The van der Waals surface area contributed by atoms with Crippen molar-refractivity contribution in [1.29, 1.82) is 0 Å². The maximum absolute atomic E-state index is 5.85. The number of ether oxygens (including phenoxy) is 2. The van der Waals surface area contributed by atoms with Gasteiger partial charge in [-0.1, -0.05) is 24.3 Å². The number of benzene rings is 2. The zero-order valence-corrected chi connectivity index (χ0v) is 14.5. The van der Waals surface area contributed by atoms with Crippen LogP contribution in [-0.2, 0) is 12.8 Å². The Morgan fingerprint density at radius 3 is 2.62 bits per heavy atom. The summed E-state index contributed by atoms with van der Waals surface area (Å²) in [6.45, 7) is 3.94. The molecule has 0 amide bonds. The van der Waals surface area contributed by atoms with Gasteiger partial charge in [0, 0.05) is 0 Å². The molecule has 2 aromatic rings. The summed E-state index contributed by atoms with van der Waals surface area (Å²) in [6.07, 6.45) is 3.38. The van der Waals surface area contributed by atoms with E-state index >= 15 is 0 Å². The van der Waals surface area contributed by atoms with Crippen molar-refractivity contribution in [3.8, 4) is 11.5 Å². The molecule has 126 valence electrons. The molecule has 1 atom stereocenters. The van der Waals surface area contributed by atoms with Crippen LogP contribution in [0, 0.1) is 0 Å². The Morgan fingerprint density at radius 2 is 1.83 bits per heavy atom. The van der Waals surface area contributed by atoms with E-state index in [1.807, 2.05) is 38.1 Å². The van der Waals surface area contributed by atoms with E-state index in [1.165, 1.54) is 30.4 Å². The summed E-state index contributed by atoms with van der Waals surface area (Å²) in [5.41, 5.74) is 8.11. The Bertz CT molecular complexity index is 740. The molecule has 4 heteroatoms. The van der Waals surface area contributed by atoms with Gasteiger partial charge in [-0.05, 0) is 68.0 Å². The third-order valence-corrected chi connectivity index (χ3v) is 4.30. The lowest BCUT2D eigenvalue weighted by atomic mass is 10.0. The summed E-state index contributed by atoms with van der Waals surface area (Å²) in [4.78, 5) is 0. The first-order valence-corrected chi connectivity index (χ1v) is 8.39. The number of hydrazone groups is 1. The van der Waals surface area contributed by atoms with Gasteiger partial charge in [-0.15, -0.1) is 0 Å². The minimum Gasteiger partial charge on any atom is -0.493 e. The summed E-state index contributed by atoms with van der Waals surface area (Å²) < 4.78 is 11.1. The van der Waals surface area contributed by atoms with Gasteiger partial charge in [-0.3, -0.25) is 5.43 Å². The van der Waals surface area contributed by atoms with Crippen LogP contribution < -0.4 is 14.9 Å². The van der Waals surface area contributed by atoms with Crippen LogP contribution in [-0.4, -0.2) is 19.0 Å². The third kappa shape index (κ3) is 3.70. The number of hydrogen-bond acceptors (Lipinski definition) is 4. The quantitative estimate of drug-likeness (QED) is 0.497. The van der Waals surface area contributed by atoms with Crippen molar-refractivity contribution < 1.29 is 9.47 Å². The van der Waals surface area contributed by atoms with Crippen molar-refractivity contribution in [2.24, 2.45) is 5.10 Å². The molecule has 4 nitrogen and oxygen atoms in total. The highest BCUT2D eigenvalue weighted by Crippen LogP contribution is 2.26. The van der Waals surface area contributed by atoms with Gasteiger partial charge < -0.3 is 9.47 Å². The molecule has 0 unspecified atom stereocenters. The normalized spacial score (nSPS) is 14.9. The standard InChI is InChI=1S/C20H24N2O2/c1-14(17-12-11-16-7-6-8-18(16)13-17)21-22-15(2)24-20-10-5-4-9-19(20)23-3/h4-5,9-13,15,22H,6-8H2,1-3H3/b21-14-/t15-/m1/s1. The van der Waals surface area contributed by atoms with E-state index in [1.54, 1.807) is 7.11 Å². The van der Waals surface area contributed by atoms with E-state index in [0.717, 1.165) is 11.3 Å². The molecule has 2 aromatic carbocycles. The molecular formula is C20H24N2O2. The molecule has 0 radical (unpaired) electrons. The van der Waals surface area contributed by atoms with Crippen molar-refractivity contribution in [2.75, 3.05) is 7.11 Å². The monoisotopic (exact) mass is 324 g/mol. The molecule has 1 N–H and O–H groups in total. The van der Waals surface area contributed by atoms with Crippen LogP contribution in [0.25, 0.3) is 0 Å². The molecule has 0 aromatic heterocycles. The topological polar surface area (TPSA) is 42.9 Å². The van der Waals surface area contributed by atoms with E-state index in [0.29, 0.717) is 11.5 Å². The molecule has 0 bridgehead atoms. The van der Waals surface area contributed by atoms with Gasteiger partial charge in [-0.25, -0.2) is 0 Å². The minimum absolute atomic E-state index is 0.259. The van der Waals surface area contributed by atoms with Gasteiger partial charge in [-0.2, -0.15) is 5.10 Å². The number of fused-ring (bicyclic) bond motifs is 1. The highest BCUT2D eigenvalue weighted by atomic mass is 16.5. The summed E-state index contributed by atoms with van der Waals surface area (Å²) in [5, 5.41) is 4.47. The minimum atomic E-state index is -0.259. The highest BCUT2D eigenvalue weighted by Gasteiger charge is 2.12. The summed E-state index contributed by atoms with van der Waals surface area (Å²) in [5.74, 6) is 1.41. The maximum atomic E-state index is 5.85. The molecule has 0 fully saturated rings. The van der Waals surface area contributed by atoms with E-state index < -0.39 is 0 Å². The lowest BCUT2D eigenvalue weighted by Crippen LogP contribution is -2.28. The fourth-order valence-corrected chi connectivity index (χ4v) is 2.98. The largest absolute Gasteiger partial charge is 0.493 e. The van der Waals surface area contributed by atoms with E-state index in [9.17, 15) is 0 Å². The van der Waals surface area contributed by atoms with Gasteiger partial charge in [0.25, 0.3) is 0 Å². The zero-order valence-electron chi connectivity index (χ0n) is 14.5. The van der Waals surface area contributed by atoms with E-state index in [2.05, 4.69) is 28.7 Å². The van der Waals surface area contributed by atoms with Crippen LogP contribution in [0.5, 0.6) is 11.5 Å². The number of aryl methyl sites for hydroxylation is 2. The SMILES string of the molecule is COc1ccccc1O[C@H](C)N/N=C(/C)c1ccc2c(c1)CCC2. The first kappa shape index (κ1) is 16.4. The number of nitrogens with zero attached hydrogens (tertiary/aromatic N) is 1. The smallest absolute Gasteiger partial charge is 0.181 e. The van der Waals surface area contributed by atoms with Crippen LogP contribution in [0.15, 0.2) is 47.6 Å². The summed E-state index contributed by atoms with van der Waals surface area (Å²) in [7, 11) is 1.64. The first-order valence-electron chi connectivity index (χ1n) is 8.39. The second kappa shape index (κ2) is 7.39. The van der Waals surface area contributed by atoms with Gasteiger partial charge in [0.05, 0.1) is 12.8 Å². The Labute approximate surface area is 143 Å². The lowest BCUT2D eigenvalue weighted by Gasteiger charge is -2.16. The number of rotatable bonds is 6. The van der Waals surface area contributed by atoms with Crippen molar-refractivity contribution in [3.63, 3.8) is 0 Å². The average molecular weight is 324 g/mol. The summed E-state index contributed by atoms with van der Waals surface area (Å²) >= 11 is 0. The second-order valence-corrected chi connectivity index (χ2v) is 6.07. The Morgan fingerprint density at radius 1 is 1.08 bits per heavy atom. The molecule has 3 rings (SSSR count). The third-order valence-electron chi connectivity index (χ3n) is 4.30. The van der Waals surface area contributed by atoms with Crippen LogP contribution in [0.3, 0.4) is 0 Å². The molecule has 1 aliphatic rings. The first-order chi connectivity index (χ1) is 11.7. The molecule has 0 heterocycles. The van der Waals surface area contributed by atoms with Crippen molar-refractivity contribution in [3.05, 3.63) is 59.2 Å². The van der Waals surface area contributed by atoms with Gasteiger partial charge in [0.15, 0.2) is 17.7 Å². The number of para-hydroxylation sites is 2. The lowest BCUT2D eigenvalue weighted by molar-refractivity contribution is 0.178. The molecule has 1 aliphatic carbocycles.